The summed E-state index contributed by atoms with van der Waals surface area (Å²) in [5.74, 6) is 0. The average Bonchev–Trinajstić information content (AvgIpc) is 2.93. The summed E-state index contributed by atoms with van der Waals surface area (Å²) >= 11 is 1.24. The first-order valence-corrected chi connectivity index (χ1v) is 7.13. The summed E-state index contributed by atoms with van der Waals surface area (Å²) in [6, 6.07) is 1.87. The van der Waals surface area contributed by atoms with Crippen molar-refractivity contribution < 1.29 is 8.42 Å². The van der Waals surface area contributed by atoms with Crippen molar-refractivity contribution in [2.45, 2.75) is 29.6 Å². The molecule has 84 valence electrons. The standard InChI is InChI=1S/C9H14N2O2S2/c1-11(8-2-3-8)15(12,13)9-4-7(5-10)6-14-9/h4,6,8H,2-3,5,10H2,1H3. The lowest BCUT2D eigenvalue weighted by Gasteiger charge is -2.14. The fourth-order valence-corrected chi connectivity index (χ4v) is 4.19. The molecule has 1 aromatic heterocycles. The van der Waals surface area contributed by atoms with Crippen LogP contribution in [0.4, 0.5) is 0 Å². The minimum atomic E-state index is -3.27. The lowest BCUT2D eigenvalue weighted by atomic mass is 10.4. The van der Waals surface area contributed by atoms with E-state index in [-0.39, 0.29) is 6.04 Å². The quantitative estimate of drug-likeness (QED) is 0.861. The van der Waals surface area contributed by atoms with Gasteiger partial charge in [0.15, 0.2) is 0 Å². The van der Waals surface area contributed by atoms with Crippen molar-refractivity contribution in [1.29, 1.82) is 0 Å². The highest BCUT2D eigenvalue weighted by atomic mass is 32.2. The molecule has 0 saturated heterocycles. The maximum absolute atomic E-state index is 12.0. The number of nitrogens with two attached hydrogens (primary N) is 1. The molecule has 2 rings (SSSR count). The predicted molar refractivity (Wildman–Crippen MR) is 60.2 cm³/mol. The van der Waals surface area contributed by atoms with Gasteiger partial charge < -0.3 is 5.73 Å². The van der Waals surface area contributed by atoms with Gasteiger partial charge in [0.25, 0.3) is 10.0 Å². The Balaban J connectivity index is 2.27. The van der Waals surface area contributed by atoms with Crippen LogP contribution < -0.4 is 5.73 Å². The van der Waals surface area contributed by atoms with E-state index in [0.717, 1.165) is 18.4 Å². The summed E-state index contributed by atoms with van der Waals surface area (Å²) in [4.78, 5) is 0. The van der Waals surface area contributed by atoms with Crippen molar-refractivity contribution >= 4 is 21.4 Å². The summed E-state index contributed by atoms with van der Waals surface area (Å²) in [5, 5.41) is 1.80. The van der Waals surface area contributed by atoms with Gasteiger partial charge in [-0.15, -0.1) is 11.3 Å². The Kier molecular flexibility index (Phi) is 2.85. The zero-order valence-electron chi connectivity index (χ0n) is 8.51. The van der Waals surface area contributed by atoms with Crippen LogP contribution in [0.25, 0.3) is 0 Å². The van der Waals surface area contributed by atoms with Crippen LogP contribution in [0.15, 0.2) is 15.7 Å². The van der Waals surface area contributed by atoms with E-state index in [9.17, 15) is 8.42 Å². The van der Waals surface area contributed by atoms with Gasteiger partial charge in [-0.2, -0.15) is 4.31 Å². The number of hydrogen-bond donors (Lipinski definition) is 1. The minimum absolute atomic E-state index is 0.207. The molecule has 1 heterocycles. The van der Waals surface area contributed by atoms with Crippen molar-refractivity contribution in [3.8, 4) is 0 Å². The molecule has 0 aliphatic heterocycles. The second-order valence-corrected chi connectivity index (χ2v) is 6.87. The highest BCUT2D eigenvalue weighted by Crippen LogP contribution is 2.32. The lowest BCUT2D eigenvalue weighted by Crippen LogP contribution is -2.28. The van der Waals surface area contributed by atoms with Crippen molar-refractivity contribution in [2.75, 3.05) is 7.05 Å². The normalized spacial score (nSPS) is 17.3. The summed E-state index contributed by atoms with van der Waals surface area (Å²) in [6.07, 6.45) is 1.95. The van der Waals surface area contributed by atoms with Crippen LogP contribution in [-0.4, -0.2) is 25.8 Å². The van der Waals surface area contributed by atoms with E-state index >= 15 is 0 Å². The Morgan fingerprint density at radius 3 is 2.73 bits per heavy atom. The molecule has 1 aliphatic rings. The Labute approximate surface area is 93.8 Å². The van der Waals surface area contributed by atoms with E-state index in [1.54, 1.807) is 18.5 Å². The predicted octanol–water partition coefficient (Wildman–Crippen LogP) is 0.990. The molecule has 1 aliphatic carbocycles. The topological polar surface area (TPSA) is 63.4 Å². The Bertz CT molecular complexity index is 448. The van der Waals surface area contributed by atoms with Crippen molar-refractivity contribution in [2.24, 2.45) is 5.73 Å². The largest absolute Gasteiger partial charge is 0.326 e. The van der Waals surface area contributed by atoms with Crippen molar-refractivity contribution in [3.63, 3.8) is 0 Å². The van der Waals surface area contributed by atoms with Gasteiger partial charge in [0.2, 0.25) is 0 Å². The van der Waals surface area contributed by atoms with Gasteiger partial charge in [-0.25, -0.2) is 8.42 Å². The van der Waals surface area contributed by atoms with Crippen LogP contribution in [0.5, 0.6) is 0 Å². The number of sulfonamides is 1. The molecule has 0 amide bonds. The third kappa shape index (κ3) is 2.08. The summed E-state index contributed by atoms with van der Waals surface area (Å²) < 4.78 is 25.9. The third-order valence-corrected chi connectivity index (χ3v) is 5.93. The van der Waals surface area contributed by atoms with Crippen molar-refractivity contribution in [1.82, 2.24) is 4.31 Å². The van der Waals surface area contributed by atoms with E-state index in [0.29, 0.717) is 10.8 Å². The van der Waals surface area contributed by atoms with Crippen LogP contribution in [0.1, 0.15) is 18.4 Å². The van der Waals surface area contributed by atoms with Gasteiger partial charge in [0, 0.05) is 19.6 Å². The van der Waals surface area contributed by atoms with Gasteiger partial charge in [-0.05, 0) is 29.9 Å². The molecule has 1 fully saturated rings. The molecule has 1 saturated carbocycles. The first kappa shape index (κ1) is 11.1. The van der Waals surface area contributed by atoms with Crippen LogP contribution in [0.2, 0.25) is 0 Å². The van der Waals surface area contributed by atoms with Gasteiger partial charge in [-0.3, -0.25) is 0 Å². The SMILES string of the molecule is CN(C1CC1)S(=O)(=O)c1cc(CN)cs1. The molecular weight excluding hydrogens is 232 g/mol. The summed E-state index contributed by atoms with van der Waals surface area (Å²) in [5.41, 5.74) is 6.33. The zero-order valence-corrected chi connectivity index (χ0v) is 10.1. The molecule has 0 spiro atoms. The molecule has 2 N–H and O–H groups in total. The fourth-order valence-electron chi connectivity index (χ4n) is 1.37. The molecule has 0 bridgehead atoms. The zero-order chi connectivity index (χ0) is 11.1. The summed E-state index contributed by atoms with van der Waals surface area (Å²) in [6.45, 7) is 0.388. The second kappa shape index (κ2) is 3.86. The van der Waals surface area contributed by atoms with Gasteiger partial charge in [-0.1, -0.05) is 0 Å². The summed E-state index contributed by atoms with van der Waals surface area (Å²) in [7, 11) is -1.62. The Morgan fingerprint density at radius 1 is 1.60 bits per heavy atom. The van der Waals surface area contributed by atoms with Gasteiger partial charge >= 0.3 is 0 Å². The molecule has 0 unspecified atom stereocenters. The molecule has 0 radical (unpaired) electrons. The smallest absolute Gasteiger partial charge is 0.252 e. The van der Waals surface area contributed by atoms with Gasteiger partial charge in [0.05, 0.1) is 0 Å². The number of hydrogen-bond acceptors (Lipinski definition) is 4. The Hall–Kier alpha value is -0.430. The highest BCUT2D eigenvalue weighted by molar-refractivity contribution is 7.91. The Morgan fingerprint density at radius 2 is 2.27 bits per heavy atom. The van der Waals surface area contributed by atoms with E-state index in [2.05, 4.69) is 0 Å². The molecular formula is C9H14N2O2S2. The lowest BCUT2D eigenvalue weighted by molar-refractivity contribution is 0.466. The van der Waals surface area contributed by atoms with Crippen LogP contribution >= 0.6 is 11.3 Å². The van der Waals surface area contributed by atoms with Crippen LogP contribution in [-0.2, 0) is 16.6 Å². The maximum atomic E-state index is 12.0. The average molecular weight is 246 g/mol. The maximum Gasteiger partial charge on any atom is 0.252 e. The highest BCUT2D eigenvalue weighted by Gasteiger charge is 2.35. The number of rotatable bonds is 4. The molecule has 15 heavy (non-hydrogen) atoms. The van der Waals surface area contributed by atoms with Crippen LogP contribution in [0.3, 0.4) is 0 Å². The van der Waals surface area contributed by atoms with E-state index < -0.39 is 10.0 Å². The van der Waals surface area contributed by atoms with E-state index in [1.165, 1.54) is 15.6 Å². The first-order chi connectivity index (χ1) is 7.05. The van der Waals surface area contributed by atoms with E-state index in [1.807, 2.05) is 0 Å². The minimum Gasteiger partial charge on any atom is -0.326 e. The fraction of sp³-hybridized carbons (Fsp3) is 0.556. The van der Waals surface area contributed by atoms with E-state index in [4.69, 9.17) is 5.73 Å². The first-order valence-electron chi connectivity index (χ1n) is 4.81. The molecule has 4 nitrogen and oxygen atoms in total. The van der Waals surface area contributed by atoms with Crippen molar-refractivity contribution in [3.05, 3.63) is 17.0 Å². The second-order valence-electron chi connectivity index (χ2n) is 3.73. The molecule has 1 aromatic rings. The molecule has 6 heteroatoms. The van der Waals surface area contributed by atoms with Gasteiger partial charge in [0.1, 0.15) is 4.21 Å². The number of thiophene rings is 1. The monoisotopic (exact) mass is 246 g/mol. The third-order valence-electron chi connectivity index (χ3n) is 2.56. The molecule has 0 aromatic carbocycles. The van der Waals surface area contributed by atoms with Crippen LogP contribution in [0, 0.1) is 0 Å². The number of nitrogens with zero attached hydrogens (tertiary/aromatic N) is 1. The molecule has 0 atom stereocenters.